The first-order valence-corrected chi connectivity index (χ1v) is 6.29. The number of aliphatic hydroxyl groups is 1. The third kappa shape index (κ3) is 3.16. The van der Waals surface area contributed by atoms with Gasteiger partial charge in [-0.25, -0.2) is 4.98 Å². The van der Waals surface area contributed by atoms with Crippen LogP contribution in [0.2, 0.25) is 0 Å². The molecule has 0 aromatic carbocycles. The minimum atomic E-state index is -0.0707. The zero-order valence-corrected chi connectivity index (χ0v) is 10.5. The zero-order valence-electron chi connectivity index (χ0n) is 10.5. The Labute approximate surface area is 102 Å². The third-order valence-electron chi connectivity index (χ3n) is 3.36. The number of aryl methyl sites for hydroxylation is 1. The molecule has 0 bridgehead atoms. The van der Waals surface area contributed by atoms with Crippen molar-refractivity contribution in [1.29, 1.82) is 0 Å². The molecule has 0 amide bonds. The van der Waals surface area contributed by atoms with Gasteiger partial charge in [-0.15, -0.1) is 0 Å². The highest BCUT2D eigenvalue weighted by molar-refractivity contribution is 5.23. The van der Waals surface area contributed by atoms with E-state index in [0.717, 1.165) is 18.8 Å². The van der Waals surface area contributed by atoms with Crippen LogP contribution in [-0.2, 0) is 6.61 Å². The Morgan fingerprint density at radius 2 is 2.06 bits per heavy atom. The van der Waals surface area contributed by atoms with E-state index in [1.54, 1.807) is 6.20 Å². The Balaban J connectivity index is 2.04. The molecule has 94 valence electrons. The summed E-state index contributed by atoms with van der Waals surface area (Å²) in [6.45, 7) is 4.04. The fraction of sp³-hybridized carbons (Fsp3) is 0.692. The summed E-state index contributed by atoms with van der Waals surface area (Å²) >= 11 is 0. The number of ether oxygens (including phenoxy) is 1. The molecule has 1 saturated carbocycles. The topological polar surface area (TPSA) is 55.2 Å². The molecule has 0 atom stereocenters. The lowest BCUT2D eigenvalue weighted by molar-refractivity contribution is 0.125. The summed E-state index contributed by atoms with van der Waals surface area (Å²) in [6.07, 6.45) is 6.46. The first-order chi connectivity index (χ1) is 8.19. The lowest BCUT2D eigenvalue weighted by atomic mass is 9.89. The SMILES string of the molecule is Cc1ncc(CO)c(OC2CCC(C)CC2)n1. The van der Waals surface area contributed by atoms with Gasteiger partial charge in [-0.05, 0) is 38.5 Å². The maximum Gasteiger partial charge on any atom is 0.222 e. The van der Waals surface area contributed by atoms with Crippen LogP contribution in [0.1, 0.15) is 44.0 Å². The maximum atomic E-state index is 9.22. The minimum absolute atomic E-state index is 0.0707. The van der Waals surface area contributed by atoms with Crippen molar-refractivity contribution in [2.75, 3.05) is 0 Å². The Hall–Kier alpha value is -1.16. The monoisotopic (exact) mass is 236 g/mol. The van der Waals surface area contributed by atoms with E-state index in [1.807, 2.05) is 6.92 Å². The molecular weight excluding hydrogens is 216 g/mol. The first kappa shape index (κ1) is 12.3. The van der Waals surface area contributed by atoms with Gasteiger partial charge >= 0.3 is 0 Å². The average Bonchev–Trinajstić information content (AvgIpc) is 2.32. The molecule has 1 aliphatic carbocycles. The number of rotatable bonds is 3. The van der Waals surface area contributed by atoms with E-state index >= 15 is 0 Å². The van der Waals surface area contributed by atoms with Crippen LogP contribution >= 0.6 is 0 Å². The molecule has 2 rings (SSSR count). The predicted molar refractivity (Wildman–Crippen MR) is 64.7 cm³/mol. The number of aromatic nitrogens is 2. The van der Waals surface area contributed by atoms with Gasteiger partial charge in [0, 0.05) is 6.20 Å². The van der Waals surface area contributed by atoms with Gasteiger partial charge in [0.2, 0.25) is 5.88 Å². The molecule has 1 aromatic heterocycles. The van der Waals surface area contributed by atoms with Crippen molar-refractivity contribution in [2.45, 2.75) is 52.2 Å². The van der Waals surface area contributed by atoms with E-state index in [9.17, 15) is 5.11 Å². The van der Waals surface area contributed by atoms with Crippen LogP contribution in [-0.4, -0.2) is 21.2 Å². The Morgan fingerprint density at radius 3 is 2.71 bits per heavy atom. The number of aliphatic hydroxyl groups excluding tert-OH is 1. The highest BCUT2D eigenvalue weighted by atomic mass is 16.5. The van der Waals surface area contributed by atoms with E-state index in [2.05, 4.69) is 16.9 Å². The molecule has 0 aliphatic heterocycles. The molecule has 1 heterocycles. The lowest BCUT2D eigenvalue weighted by Crippen LogP contribution is -2.24. The molecule has 1 fully saturated rings. The van der Waals surface area contributed by atoms with Crippen molar-refractivity contribution >= 4 is 0 Å². The van der Waals surface area contributed by atoms with Crippen molar-refractivity contribution in [3.05, 3.63) is 17.6 Å². The fourth-order valence-electron chi connectivity index (χ4n) is 2.19. The largest absolute Gasteiger partial charge is 0.474 e. The van der Waals surface area contributed by atoms with E-state index in [4.69, 9.17) is 4.74 Å². The van der Waals surface area contributed by atoms with Crippen LogP contribution < -0.4 is 4.74 Å². The van der Waals surface area contributed by atoms with Crippen molar-refractivity contribution in [3.8, 4) is 5.88 Å². The van der Waals surface area contributed by atoms with Gasteiger partial charge in [0.05, 0.1) is 12.2 Å². The summed E-state index contributed by atoms with van der Waals surface area (Å²) in [5.74, 6) is 2.04. The Kier molecular flexibility index (Phi) is 3.94. The third-order valence-corrected chi connectivity index (χ3v) is 3.36. The number of hydrogen-bond donors (Lipinski definition) is 1. The van der Waals surface area contributed by atoms with Crippen LogP contribution in [0.4, 0.5) is 0 Å². The highest BCUT2D eigenvalue weighted by Gasteiger charge is 2.21. The second-order valence-corrected chi connectivity index (χ2v) is 4.91. The Morgan fingerprint density at radius 1 is 1.35 bits per heavy atom. The molecule has 0 saturated heterocycles. The molecule has 0 unspecified atom stereocenters. The van der Waals surface area contributed by atoms with Crippen molar-refractivity contribution in [2.24, 2.45) is 5.92 Å². The minimum Gasteiger partial charge on any atom is -0.474 e. The molecular formula is C13H20N2O2. The van der Waals surface area contributed by atoms with Gasteiger partial charge in [-0.3, -0.25) is 0 Å². The molecule has 4 nitrogen and oxygen atoms in total. The summed E-state index contributed by atoms with van der Waals surface area (Å²) in [5.41, 5.74) is 0.675. The lowest BCUT2D eigenvalue weighted by Gasteiger charge is -2.27. The standard InChI is InChI=1S/C13H20N2O2/c1-9-3-5-12(6-4-9)17-13-11(8-16)7-14-10(2)15-13/h7,9,12,16H,3-6,8H2,1-2H3. The first-order valence-electron chi connectivity index (χ1n) is 6.29. The van der Waals surface area contributed by atoms with Crippen LogP contribution in [0, 0.1) is 12.8 Å². The normalized spacial score (nSPS) is 24.6. The predicted octanol–water partition coefficient (Wildman–Crippen LogP) is 2.23. The van der Waals surface area contributed by atoms with Crippen LogP contribution in [0.15, 0.2) is 6.20 Å². The van der Waals surface area contributed by atoms with Gasteiger partial charge in [-0.2, -0.15) is 4.98 Å². The molecule has 0 radical (unpaired) electrons. The van der Waals surface area contributed by atoms with E-state index in [1.165, 1.54) is 12.8 Å². The average molecular weight is 236 g/mol. The maximum absolute atomic E-state index is 9.22. The van der Waals surface area contributed by atoms with Gasteiger partial charge in [0.1, 0.15) is 11.9 Å². The molecule has 1 aliphatic rings. The molecule has 0 spiro atoms. The van der Waals surface area contributed by atoms with E-state index in [0.29, 0.717) is 17.3 Å². The second-order valence-electron chi connectivity index (χ2n) is 4.91. The number of nitrogens with zero attached hydrogens (tertiary/aromatic N) is 2. The molecule has 4 heteroatoms. The summed E-state index contributed by atoms with van der Waals surface area (Å²) in [6, 6.07) is 0. The fourth-order valence-corrected chi connectivity index (χ4v) is 2.19. The van der Waals surface area contributed by atoms with E-state index in [-0.39, 0.29) is 12.7 Å². The summed E-state index contributed by atoms with van der Waals surface area (Å²) in [4.78, 5) is 8.33. The highest BCUT2D eigenvalue weighted by Crippen LogP contribution is 2.27. The second kappa shape index (κ2) is 5.45. The summed E-state index contributed by atoms with van der Waals surface area (Å²) < 4.78 is 5.90. The Bertz CT molecular complexity index is 374. The molecule has 1 aromatic rings. The van der Waals surface area contributed by atoms with Crippen molar-refractivity contribution < 1.29 is 9.84 Å². The smallest absolute Gasteiger partial charge is 0.222 e. The number of hydrogen-bond acceptors (Lipinski definition) is 4. The van der Waals surface area contributed by atoms with E-state index < -0.39 is 0 Å². The summed E-state index contributed by atoms with van der Waals surface area (Å²) in [5, 5.41) is 9.22. The van der Waals surface area contributed by atoms with Crippen molar-refractivity contribution in [1.82, 2.24) is 9.97 Å². The quantitative estimate of drug-likeness (QED) is 0.874. The molecule has 17 heavy (non-hydrogen) atoms. The van der Waals surface area contributed by atoms with Gasteiger partial charge in [-0.1, -0.05) is 6.92 Å². The van der Waals surface area contributed by atoms with Gasteiger partial charge < -0.3 is 9.84 Å². The van der Waals surface area contributed by atoms with Gasteiger partial charge in [0.25, 0.3) is 0 Å². The van der Waals surface area contributed by atoms with Crippen LogP contribution in [0.3, 0.4) is 0 Å². The molecule has 1 N–H and O–H groups in total. The van der Waals surface area contributed by atoms with Gasteiger partial charge in [0.15, 0.2) is 0 Å². The summed E-state index contributed by atoms with van der Waals surface area (Å²) in [7, 11) is 0. The van der Waals surface area contributed by atoms with Crippen LogP contribution in [0.25, 0.3) is 0 Å². The van der Waals surface area contributed by atoms with Crippen LogP contribution in [0.5, 0.6) is 5.88 Å². The zero-order chi connectivity index (χ0) is 12.3. The van der Waals surface area contributed by atoms with Crippen molar-refractivity contribution in [3.63, 3.8) is 0 Å².